The van der Waals surface area contributed by atoms with Crippen LogP contribution >= 0.6 is 0 Å². The summed E-state index contributed by atoms with van der Waals surface area (Å²) in [6, 6.07) is 9.17. The van der Waals surface area contributed by atoms with E-state index in [0.29, 0.717) is 12.1 Å². The number of aliphatic hydroxyl groups is 1. The molecule has 1 aromatic carbocycles. The average Bonchev–Trinajstić information content (AvgIpc) is 2.87. The van der Waals surface area contributed by atoms with Gasteiger partial charge in [-0.3, -0.25) is 19.8 Å². The molecule has 140 valence electrons. The van der Waals surface area contributed by atoms with Gasteiger partial charge in [0.25, 0.3) is 11.8 Å². The van der Waals surface area contributed by atoms with Gasteiger partial charge in [-0.05, 0) is 18.6 Å². The van der Waals surface area contributed by atoms with Crippen LogP contribution in [0.5, 0.6) is 0 Å². The van der Waals surface area contributed by atoms with Crippen molar-refractivity contribution >= 4 is 23.5 Å². The number of hydrazine groups is 1. The van der Waals surface area contributed by atoms with E-state index in [-0.39, 0.29) is 36.5 Å². The topological polar surface area (TPSA) is 127 Å². The van der Waals surface area contributed by atoms with Gasteiger partial charge in [-0.1, -0.05) is 38.0 Å². The van der Waals surface area contributed by atoms with Crippen LogP contribution in [-0.4, -0.2) is 41.6 Å². The number of carbonyl (C=O) groups excluding carboxylic acids is 3. The van der Waals surface area contributed by atoms with Crippen LogP contribution in [-0.2, 0) is 19.1 Å². The Kier molecular flexibility index (Phi) is 10.8. The van der Waals surface area contributed by atoms with Crippen molar-refractivity contribution in [1.29, 1.82) is 0 Å². The van der Waals surface area contributed by atoms with Crippen molar-refractivity contribution in [2.75, 3.05) is 18.2 Å². The van der Waals surface area contributed by atoms with E-state index in [1.807, 2.05) is 25.1 Å². The van der Waals surface area contributed by atoms with Gasteiger partial charge in [0.1, 0.15) is 12.5 Å². The molecule has 1 aromatic rings. The van der Waals surface area contributed by atoms with Crippen molar-refractivity contribution in [3.05, 3.63) is 30.3 Å². The molecule has 4 N–H and O–H groups in total. The summed E-state index contributed by atoms with van der Waals surface area (Å²) in [6.07, 6.45) is 2.51. The van der Waals surface area contributed by atoms with Gasteiger partial charge in [-0.2, -0.15) is 0 Å². The van der Waals surface area contributed by atoms with E-state index >= 15 is 0 Å². The Balaban J connectivity index is 0.000000620. The first-order chi connectivity index (χ1) is 11.5. The molecule has 1 saturated heterocycles. The van der Waals surface area contributed by atoms with Crippen molar-refractivity contribution < 1.29 is 29.7 Å². The highest BCUT2D eigenvalue weighted by molar-refractivity contribution is 6.14. The molecular formula is C17H26N2O6. The lowest BCUT2D eigenvalue weighted by Gasteiger charge is -2.14. The summed E-state index contributed by atoms with van der Waals surface area (Å²) < 4.78 is 4.30. The Labute approximate surface area is 147 Å². The van der Waals surface area contributed by atoms with E-state index in [4.69, 9.17) is 5.11 Å². The van der Waals surface area contributed by atoms with Crippen molar-refractivity contribution in [2.45, 2.75) is 33.1 Å². The molecule has 0 aliphatic carbocycles. The Hall–Kier alpha value is -2.45. The van der Waals surface area contributed by atoms with E-state index < -0.39 is 5.92 Å². The molecule has 25 heavy (non-hydrogen) atoms. The normalized spacial score (nSPS) is 15.6. The SMILES string of the molecule is CC(=O)OCCO.CCCCC1C(=O)NN(c2ccccc2)C1=O.O. The number of amides is 2. The van der Waals surface area contributed by atoms with Crippen LogP contribution in [0.3, 0.4) is 0 Å². The zero-order valence-corrected chi connectivity index (χ0v) is 14.5. The molecule has 1 unspecified atom stereocenters. The Morgan fingerprint density at radius 1 is 1.28 bits per heavy atom. The number of hydrogen-bond acceptors (Lipinski definition) is 5. The second kappa shape index (κ2) is 12.0. The summed E-state index contributed by atoms with van der Waals surface area (Å²) in [5, 5.41) is 9.39. The maximum absolute atomic E-state index is 12.1. The number of nitrogens with zero attached hydrogens (tertiary/aromatic N) is 1. The molecule has 0 bridgehead atoms. The van der Waals surface area contributed by atoms with E-state index in [1.54, 1.807) is 12.1 Å². The van der Waals surface area contributed by atoms with Crippen LogP contribution in [0.25, 0.3) is 0 Å². The number of nitrogens with one attached hydrogen (secondary N) is 1. The second-order valence-electron chi connectivity index (χ2n) is 5.24. The number of carbonyl (C=O) groups is 3. The molecule has 0 aromatic heterocycles. The van der Waals surface area contributed by atoms with Gasteiger partial charge in [0, 0.05) is 6.92 Å². The number of esters is 1. The first kappa shape index (κ1) is 22.6. The van der Waals surface area contributed by atoms with Crippen LogP contribution in [0.2, 0.25) is 0 Å². The van der Waals surface area contributed by atoms with Gasteiger partial charge in [0.05, 0.1) is 12.3 Å². The van der Waals surface area contributed by atoms with Crippen LogP contribution in [0.15, 0.2) is 30.3 Å². The molecule has 2 rings (SSSR count). The van der Waals surface area contributed by atoms with Gasteiger partial charge in [-0.15, -0.1) is 0 Å². The van der Waals surface area contributed by atoms with Gasteiger partial charge in [0.2, 0.25) is 0 Å². The lowest BCUT2D eigenvalue weighted by atomic mass is 10.0. The lowest BCUT2D eigenvalue weighted by molar-refractivity contribution is -0.142. The molecule has 8 nitrogen and oxygen atoms in total. The predicted octanol–water partition coefficient (Wildman–Crippen LogP) is 0.588. The maximum Gasteiger partial charge on any atom is 0.302 e. The summed E-state index contributed by atoms with van der Waals surface area (Å²) in [7, 11) is 0. The second-order valence-corrected chi connectivity index (χ2v) is 5.24. The number of unbranched alkanes of at least 4 members (excludes halogenated alkanes) is 1. The number of para-hydroxylation sites is 1. The molecule has 2 amide bonds. The molecule has 1 fully saturated rings. The molecular weight excluding hydrogens is 328 g/mol. The number of aliphatic hydroxyl groups excluding tert-OH is 1. The van der Waals surface area contributed by atoms with Crippen molar-refractivity contribution in [2.24, 2.45) is 5.92 Å². The summed E-state index contributed by atoms with van der Waals surface area (Å²) in [5.41, 5.74) is 3.34. The minimum absolute atomic E-state index is 0. The molecule has 0 saturated carbocycles. The fourth-order valence-electron chi connectivity index (χ4n) is 2.13. The molecule has 1 aliphatic rings. The Morgan fingerprint density at radius 2 is 1.92 bits per heavy atom. The molecule has 1 atom stereocenters. The van der Waals surface area contributed by atoms with Crippen molar-refractivity contribution in [3.8, 4) is 0 Å². The van der Waals surface area contributed by atoms with Gasteiger partial charge in [-0.25, -0.2) is 5.01 Å². The fourth-order valence-corrected chi connectivity index (χ4v) is 2.13. The van der Waals surface area contributed by atoms with Gasteiger partial charge in [0.15, 0.2) is 0 Å². The largest absolute Gasteiger partial charge is 0.463 e. The van der Waals surface area contributed by atoms with E-state index in [9.17, 15) is 14.4 Å². The van der Waals surface area contributed by atoms with E-state index in [0.717, 1.165) is 12.8 Å². The fraction of sp³-hybridized carbons (Fsp3) is 0.471. The molecule has 1 heterocycles. The zero-order chi connectivity index (χ0) is 17.9. The molecule has 0 radical (unpaired) electrons. The number of anilines is 1. The Bertz CT molecular complexity index is 549. The summed E-state index contributed by atoms with van der Waals surface area (Å²) in [6.45, 7) is 3.36. The van der Waals surface area contributed by atoms with Crippen LogP contribution in [0, 0.1) is 5.92 Å². The summed E-state index contributed by atoms with van der Waals surface area (Å²) >= 11 is 0. The Morgan fingerprint density at radius 3 is 2.40 bits per heavy atom. The number of rotatable bonds is 6. The number of benzene rings is 1. The van der Waals surface area contributed by atoms with Crippen LogP contribution in [0.4, 0.5) is 5.69 Å². The first-order valence-corrected chi connectivity index (χ1v) is 7.95. The highest BCUT2D eigenvalue weighted by atomic mass is 16.5. The van der Waals surface area contributed by atoms with Crippen molar-refractivity contribution in [1.82, 2.24) is 5.43 Å². The summed E-state index contributed by atoms with van der Waals surface area (Å²) in [4.78, 5) is 33.6. The third-order valence-electron chi connectivity index (χ3n) is 3.31. The molecule has 8 heteroatoms. The third-order valence-corrected chi connectivity index (χ3v) is 3.31. The standard InChI is InChI=1S/C13H16N2O2.C4H8O3.H2O/c1-2-3-9-11-12(16)14-15(13(11)17)10-7-5-4-6-8-10;1-4(6)7-3-2-5;/h4-8,11H,2-3,9H2,1H3,(H,14,16);5H,2-3H2,1H3;1H2. The number of ether oxygens (including phenoxy) is 1. The van der Waals surface area contributed by atoms with E-state index in [1.165, 1.54) is 11.9 Å². The van der Waals surface area contributed by atoms with Crippen molar-refractivity contribution in [3.63, 3.8) is 0 Å². The highest BCUT2D eigenvalue weighted by Gasteiger charge is 2.39. The van der Waals surface area contributed by atoms with E-state index in [2.05, 4.69) is 10.2 Å². The smallest absolute Gasteiger partial charge is 0.302 e. The minimum Gasteiger partial charge on any atom is -0.463 e. The van der Waals surface area contributed by atoms with Gasteiger partial charge >= 0.3 is 5.97 Å². The predicted molar refractivity (Wildman–Crippen MR) is 92.4 cm³/mol. The average molecular weight is 354 g/mol. The number of hydrogen-bond donors (Lipinski definition) is 2. The lowest BCUT2D eigenvalue weighted by Crippen LogP contribution is -2.35. The van der Waals surface area contributed by atoms with Gasteiger partial charge < -0.3 is 15.3 Å². The molecule has 0 spiro atoms. The zero-order valence-electron chi connectivity index (χ0n) is 14.5. The minimum atomic E-state index is -0.518. The monoisotopic (exact) mass is 354 g/mol. The summed E-state index contributed by atoms with van der Waals surface area (Å²) in [5.74, 6) is -1.20. The first-order valence-electron chi connectivity index (χ1n) is 7.95. The third kappa shape index (κ3) is 7.32. The maximum atomic E-state index is 12.1. The van der Waals surface area contributed by atoms with Crippen LogP contribution in [0.1, 0.15) is 33.1 Å². The quantitative estimate of drug-likeness (QED) is 0.571. The molecule has 1 aliphatic heterocycles. The van der Waals surface area contributed by atoms with Crippen LogP contribution < -0.4 is 10.4 Å². The highest BCUT2D eigenvalue weighted by Crippen LogP contribution is 2.22.